The summed E-state index contributed by atoms with van der Waals surface area (Å²) >= 11 is 0. The lowest BCUT2D eigenvalue weighted by Crippen LogP contribution is -2.55. The van der Waals surface area contributed by atoms with Gasteiger partial charge in [-0.1, -0.05) is 30.3 Å². The van der Waals surface area contributed by atoms with Gasteiger partial charge in [0.1, 0.15) is 12.9 Å². The van der Waals surface area contributed by atoms with Gasteiger partial charge in [-0.15, -0.1) is 0 Å². The minimum absolute atomic E-state index is 0.245. The lowest BCUT2D eigenvalue weighted by molar-refractivity contribution is 0.103. The van der Waals surface area contributed by atoms with Crippen LogP contribution in [0, 0.1) is 5.92 Å². The molecule has 4 heterocycles. The molecule has 2 fully saturated rings. The molecule has 0 saturated carbocycles. The van der Waals surface area contributed by atoms with Crippen LogP contribution in [0.4, 0.5) is 10.5 Å². The highest BCUT2D eigenvalue weighted by Gasteiger charge is 2.47. The second-order valence-electron chi connectivity index (χ2n) is 7.19. The number of oxazole rings is 1. The number of hydrogen-bond acceptors (Lipinski definition) is 6. The maximum atomic E-state index is 12.4. The van der Waals surface area contributed by atoms with E-state index in [0.717, 1.165) is 29.9 Å². The quantitative estimate of drug-likeness (QED) is 0.696. The molecule has 2 atom stereocenters. The van der Waals surface area contributed by atoms with Crippen molar-refractivity contribution in [2.45, 2.75) is 12.6 Å². The molecule has 1 aromatic carbocycles. The highest BCUT2D eigenvalue weighted by Crippen LogP contribution is 2.37. The lowest BCUT2D eigenvalue weighted by Gasteiger charge is -2.45. The number of pyridine rings is 1. The van der Waals surface area contributed by atoms with Crippen molar-refractivity contribution >= 4 is 11.8 Å². The number of amides is 1. The largest absolute Gasteiger partial charge is 0.445 e. The normalized spacial score (nSPS) is 20.6. The Morgan fingerprint density at radius 1 is 1.18 bits per heavy atom. The molecule has 28 heavy (non-hydrogen) atoms. The molecule has 5 rings (SSSR count). The number of carbonyl (C=O) groups is 1. The number of likely N-dealkylation sites (tertiary alicyclic amines) is 1. The van der Waals surface area contributed by atoms with Crippen LogP contribution >= 0.6 is 0 Å². The van der Waals surface area contributed by atoms with Crippen molar-refractivity contribution in [3.8, 4) is 11.5 Å². The van der Waals surface area contributed by atoms with Gasteiger partial charge in [-0.05, 0) is 11.6 Å². The zero-order valence-electron chi connectivity index (χ0n) is 15.3. The zero-order chi connectivity index (χ0) is 18.9. The van der Waals surface area contributed by atoms with E-state index in [1.54, 1.807) is 18.7 Å². The Balaban J connectivity index is 1.22. The van der Waals surface area contributed by atoms with Crippen molar-refractivity contribution in [1.29, 1.82) is 0 Å². The van der Waals surface area contributed by atoms with Crippen LogP contribution in [0.5, 0.6) is 0 Å². The summed E-state index contributed by atoms with van der Waals surface area (Å²) in [6.45, 7) is 2.62. The second kappa shape index (κ2) is 6.99. The molecule has 0 bridgehead atoms. The summed E-state index contributed by atoms with van der Waals surface area (Å²) in [7, 11) is 0. The first kappa shape index (κ1) is 16.8. The van der Waals surface area contributed by atoms with Crippen LogP contribution in [0.2, 0.25) is 0 Å². The van der Waals surface area contributed by atoms with Gasteiger partial charge >= 0.3 is 6.09 Å². The molecule has 2 aliphatic rings. The van der Waals surface area contributed by atoms with Crippen molar-refractivity contribution in [1.82, 2.24) is 14.9 Å². The highest BCUT2D eigenvalue weighted by atomic mass is 16.6. The predicted molar refractivity (Wildman–Crippen MR) is 103 cm³/mol. The first-order chi connectivity index (χ1) is 13.8. The van der Waals surface area contributed by atoms with Gasteiger partial charge in [-0.3, -0.25) is 4.98 Å². The standard InChI is InChI=1S/C21H20N4O3/c26-21(28-14-15-4-2-1-3-5-15)24-11-17-12-25(19(17)13-24)18-8-16(9-22-10-18)20-23-6-7-27-20/h1-10,17,19H,11-14H2/t17-,19-/m1/s1. The van der Waals surface area contributed by atoms with E-state index in [4.69, 9.17) is 9.15 Å². The molecule has 0 N–H and O–H groups in total. The SMILES string of the molecule is O=C(OCc1ccccc1)N1C[C@@H]2CN(c3cncc(-c4ncco4)c3)[C@@H]2C1. The molecule has 142 valence electrons. The van der Waals surface area contributed by atoms with Crippen LogP contribution in [0.1, 0.15) is 5.56 Å². The Bertz CT molecular complexity index is 961. The maximum absolute atomic E-state index is 12.4. The third kappa shape index (κ3) is 3.09. The number of ether oxygens (including phenoxy) is 1. The van der Waals surface area contributed by atoms with Crippen molar-refractivity contribution < 1.29 is 13.9 Å². The van der Waals surface area contributed by atoms with Crippen LogP contribution in [-0.4, -0.2) is 46.6 Å². The summed E-state index contributed by atoms with van der Waals surface area (Å²) in [5.74, 6) is 1.03. The number of benzene rings is 1. The highest BCUT2D eigenvalue weighted by molar-refractivity contribution is 5.69. The van der Waals surface area contributed by atoms with Gasteiger partial charge in [0.15, 0.2) is 0 Å². The van der Waals surface area contributed by atoms with E-state index < -0.39 is 0 Å². The van der Waals surface area contributed by atoms with Crippen molar-refractivity contribution in [2.75, 3.05) is 24.5 Å². The number of fused-ring (bicyclic) bond motifs is 1. The first-order valence-corrected chi connectivity index (χ1v) is 9.35. The van der Waals surface area contributed by atoms with Gasteiger partial charge in [0.05, 0.1) is 29.7 Å². The average molecular weight is 376 g/mol. The fraction of sp³-hybridized carbons (Fsp3) is 0.286. The molecule has 7 nitrogen and oxygen atoms in total. The van der Waals surface area contributed by atoms with E-state index in [1.807, 2.05) is 47.5 Å². The molecule has 2 saturated heterocycles. The predicted octanol–water partition coefficient (Wildman–Crippen LogP) is 3.19. The minimum atomic E-state index is -0.245. The van der Waals surface area contributed by atoms with E-state index in [1.165, 1.54) is 0 Å². The molecular weight excluding hydrogens is 356 g/mol. The summed E-state index contributed by atoms with van der Waals surface area (Å²) < 4.78 is 10.8. The Labute approximate surface area is 162 Å². The zero-order valence-corrected chi connectivity index (χ0v) is 15.3. The number of anilines is 1. The fourth-order valence-corrected chi connectivity index (χ4v) is 3.96. The van der Waals surface area contributed by atoms with E-state index in [9.17, 15) is 4.79 Å². The summed E-state index contributed by atoms with van der Waals surface area (Å²) in [5.41, 5.74) is 2.87. The molecule has 0 spiro atoms. The van der Waals surface area contributed by atoms with Gasteiger partial charge in [0, 0.05) is 31.7 Å². The summed E-state index contributed by atoms with van der Waals surface area (Å²) in [6, 6.07) is 12.1. The van der Waals surface area contributed by atoms with Crippen LogP contribution in [0.15, 0.2) is 65.7 Å². The summed E-state index contributed by atoms with van der Waals surface area (Å²) in [5, 5.41) is 0. The van der Waals surface area contributed by atoms with Crippen molar-refractivity contribution in [2.24, 2.45) is 5.92 Å². The van der Waals surface area contributed by atoms with Gasteiger partial charge in [0.25, 0.3) is 0 Å². The van der Waals surface area contributed by atoms with Crippen LogP contribution in [0.3, 0.4) is 0 Å². The summed E-state index contributed by atoms with van der Waals surface area (Å²) in [6.07, 6.45) is 6.52. The number of carbonyl (C=O) groups excluding carboxylic acids is 1. The second-order valence-corrected chi connectivity index (χ2v) is 7.19. The molecular formula is C21H20N4O3. The van der Waals surface area contributed by atoms with Gasteiger partial charge in [-0.25, -0.2) is 9.78 Å². The third-order valence-electron chi connectivity index (χ3n) is 5.44. The molecule has 7 heteroatoms. The number of rotatable bonds is 4. The van der Waals surface area contributed by atoms with E-state index in [2.05, 4.69) is 14.9 Å². The van der Waals surface area contributed by atoms with E-state index in [-0.39, 0.29) is 6.09 Å². The maximum Gasteiger partial charge on any atom is 0.410 e. The molecule has 0 unspecified atom stereocenters. The van der Waals surface area contributed by atoms with E-state index in [0.29, 0.717) is 31.0 Å². The lowest BCUT2D eigenvalue weighted by atomic mass is 9.91. The Hall–Kier alpha value is -3.35. The van der Waals surface area contributed by atoms with Gasteiger partial charge < -0.3 is 19.0 Å². The van der Waals surface area contributed by atoms with E-state index >= 15 is 0 Å². The molecule has 3 aromatic rings. The van der Waals surface area contributed by atoms with Crippen LogP contribution in [-0.2, 0) is 11.3 Å². The summed E-state index contributed by atoms with van der Waals surface area (Å²) in [4.78, 5) is 25.0. The minimum Gasteiger partial charge on any atom is -0.445 e. The fourth-order valence-electron chi connectivity index (χ4n) is 3.96. The van der Waals surface area contributed by atoms with Gasteiger partial charge in [0.2, 0.25) is 5.89 Å². The van der Waals surface area contributed by atoms with Crippen LogP contribution in [0.25, 0.3) is 11.5 Å². The molecule has 0 radical (unpaired) electrons. The molecule has 2 aromatic heterocycles. The monoisotopic (exact) mass is 376 g/mol. The molecule has 2 aliphatic heterocycles. The van der Waals surface area contributed by atoms with Crippen molar-refractivity contribution in [3.05, 3.63) is 66.8 Å². The Kier molecular flexibility index (Phi) is 4.20. The topological polar surface area (TPSA) is 71.7 Å². The Morgan fingerprint density at radius 3 is 2.89 bits per heavy atom. The first-order valence-electron chi connectivity index (χ1n) is 9.35. The van der Waals surface area contributed by atoms with Gasteiger partial charge in [-0.2, -0.15) is 0 Å². The third-order valence-corrected chi connectivity index (χ3v) is 5.44. The Morgan fingerprint density at radius 2 is 2.07 bits per heavy atom. The molecule has 1 amide bonds. The van der Waals surface area contributed by atoms with Crippen LogP contribution < -0.4 is 4.90 Å². The van der Waals surface area contributed by atoms with Crippen molar-refractivity contribution in [3.63, 3.8) is 0 Å². The number of aromatic nitrogens is 2. The average Bonchev–Trinajstić information content (AvgIpc) is 3.37. The number of hydrogen-bond donors (Lipinski definition) is 0. The molecule has 0 aliphatic carbocycles. The number of nitrogens with zero attached hydrogens (tertiary/aromatic N) is 4. The smallest absolute Gasteiger partial charge is 0.410 e.